The highest BCUT2D eigenvalue weighted by atomic mass is 32.1. The molecule has 0 saturated heterocycles. The molecule has 2 rings (SSSR count). The fraction of sp³-hybridized carbons (Fsp3) is 0.353. The van der Waals surface area contributed by atoms with Crippen molar-refractivity contribution in [2.75, 3.05) is 5.32 Å². The van der Waals surface area contributed by atoms with Gasteiger partial charge in [0.05, 0.1) is 6.42 Å². The zero-order valence-corrected chi connectivity index (χ0v) is 14.8. The third kappa shape index (κ3) is 5.90. The summed E-state index contributed by atoms with van der Waals surface area (Å²) in [4.78, 5) is 29.5. The Balaban J connectivity index is 1.99. The fourth-order valence-electron chi connectivity index (χ4n) is 2.31. The molecule has 0 aliphatic rings. The van der Waals surface area contributed by atoms with Crippen LogP contribution in [0.4, 0.5) is 13.9 Å². The highest BCUT2D eigenvalue weighted by Crippen LogP contribution is 2.17. The van der Waals surface area contributed by atoms with Crippen LogP contribution in [-0.4, -0.2) is 22.8 Å². The third-order valence-electron chi connectivity index (χ3n) is 3.37. The second-order valence-electron chi connectivity index (χ2n) is 5.63. The zero-order valence-electron chi connectivity index (χ0n) is 13.9. The number of aromatic nitrogens is 1. The van der Waals surface area contributed by atoms with Gasteiger partial charge in [0, 0.05) is 17.1 Å². The van der Waals surface area contributed by atoms with Gasteiger partial charge in [-0.05, 0) is 31.0 Å². The van der Waals surface area contributed by atoms with E-state index in [4.69, 9.17) is 0 Å². The maximum Gasteiger partial charge on any atom is 0.248 e. The van der Waals surface area contributed by atoms with Gasteiger partial charge in [0.15, 0.2) is 5.13 Å². The summed E-state index contributed by atoms with van der Waals surface area (Å²) in [5.41, 5.74) is 0.209. The Labute approximate surface area is 148 Å². The summed E-state index contributed by atoms with van der Waals surface area (Å²) in [6.07, 6.45) is 2.56. The van der Waals surface area contributed by atoms with Crippen molar-refractivity contribution in [3.05, 3.63) is 46.5 Å². The number of thiazole rings is 1. The van der Waals surface area contributed by atoms with Gasteiger partial charge in [-0.1, -0.05) is 13.3 Å². The van der Waals surface area contributed by atoms with E-state index in [0.717, 1.165) is 23.1 Å². The molecule has 0 radical (unpaired) electrons. The number of rotatable bonds is 7. The molecule has 0 aliphatic carbocycles. The molecule has 1 atom stereocenters. The van der Waals surface area contributed by atoms with E-state index in [2.05, 4.69) is 15.6 Å². The van der Waals surface area contributed by atoms with Gasteiger partial charge < -0.3 is 10.6 Å². The van der Waals surface area contributed by atoms with Crippen LogP contribution in [0.2, 0.25) is 0 Å². The standard InChI is InChI=1S/C17H19F2N3O2S/c1-3-4-14(16(24)22-17-20-9-10(2)25-17)21-15(23)7-11-5-12(18)8-13(19)6-11/h5-6,8-9,14H,3-4,7H2,1-2H3,(H,21,23)(H,20,22,24). The molecule has 0 aliphatic heterocycles. The van der Waals surface area contributed by atoms with Crippen molar-refractivity contribution in [2.45, 2.75) is 39.2 Å². The van der Waals surface area contributed by atoms with Gasteiger partial charge in [0.1, 0.15) is 17.7 Å². The van der Waals surface area contributed by atoms with Crippen LogP contribution >= 0.6 is 11.3 Å². The summed E-state index contributed by atoms with van der Waals surface area (Å²) < 4.78 is 26.4. The molecule has 2 aromatic rings. The Hall–Kier alpha value is -2.35. The van der Waals surface area contributed by atoms with Crippen molar-refractivity contribution in [1.29, 1.82) is 0 Å². The maximum absolute atomic E-state index is 13.2. The number of hydrogen-bond acceptors (Lipinski definition) is 4. The van der Waals surface area contributed by atoms with E-state index in [1.165, 1.54) is 11.3 Å². The Morgan fingerprint density at radius 1 is 1.24 bits per heavy atom. The van der Waals surface area contributed by atoms with Crippen molar-refractivity contribution in [3.63, 3.8) is 0 Å². The van der Waals surface area contributed by atoms with Crippen molar-refractivity contribution in [2.24, 2.45) is 0 Å². The lowest BCUT2D eigenvalue weighted by molar-refractivity contribution is -0.126. The highest BCUT2D eigenvalue weighted by Gasteiger charge is 2.21. The predicted molar refractivity (Wildman–Crippen MR) is 92.4 cm³/mol. The fourth-order valence-corrected chi connectivity index (χ4v) is 2.97. The molecule has 2 N–H and O–H groups in total. The van der Waals surface area contributed by atoms with E-state index in [0.29, 0.717) is 18.0 Å². The first kappa shape index (κ1) is 19.0. The SMILES string of the molecule is CCCC(NC(=O)Cc1cc(F)cc(F)c1)C(=O)Nc1ncc(C)s1. The molecule has 25 heavy (non-hydrogen) atoms. The van der Waals surface area contributed by atoms with Gasteiger partial charge >= 0.3 is 0 Å². The monoisotopic (exact) mass is 367 g/mol. The summed E-state index contributed by atoms with van der Waals surface area (Å²) in [7, 11) is 0. The molecule has 8 heteroatoms. The minimum atomic E-state index is -0.746. The van der Waals surface area contributed by atoms with Gasteiger partial charge in [-0.15, -0.1) is 11.3 Å². The number of anilines is 1. The van der Waals surface area contributed by atoms with E-state index >= 15 is 0 Å². The molecule has 0 bridgehead atoms. The van der Waals surface area contributed by atoms with Crippen molar-refractivity contribution >= 4 is 28.3 Å². The number of hydrogen-bond donors (Lipinski definition) is 2. The summed E-state index contributed by atoms with van der Waals surface area (Å²) in [6, 6.07) is 2.19. The third-order valence-corrected chi connectivity index (χ3v) is 4.20. The van der Waals surface area contributed by atoms with Crippen LogP contribution in [0.3, 0.4) is 0 Å². The molecule has 0 fully saturated rings. The second kappa shape index (κ2) is 8.66. The summed E-state index contributed by atoms with van der Waals surface area (Å²) in [5, 5.41) is 5.75. The van der Waals surface area contributed by atoms with Gasteiger partial charge in [0.2, 0.25) is 11.8 Å². The number of halogens is 2. The Bertz CT molecular complexity index is 744. The van der Waals surface area contributed by atoms with Crippen LogP contribution in [0.5, 0.6) is 0 Å². The topological polar surface area (TPSA) is 71.1 Å². The number of nitrogens with zero attached hydrogens (tertiary/aromatic N) is 1. The first-order chi connectivity index (χ1) is 11.9. The average Bonchev–Trinajstić information content (AvgIpc) is 2.90. The lowest BCUT2D eigenvalue weighted by atomic mass is 10.1. The molecule has 1 aromatic carbocycles. The summed E-state index contributed by atoms with van der Waals surface area (Å²) in [6.45, 7) is 3.76. The largest absolute Gasteiger partial charge is 0.344 e. The highest BCUT2D eigenvalue weighted by molar-refractivity contribution is 7.15. The number of carbonyl (C=O) groups is 2. The maximum atomic E-state index is 13.2. The van der Waals surface area contributed by atoms with Crippen molar-refractivity contribution in [3.8, 4) is 0 Å². The quantitative estimate of drug-likeness (QED) is 0.789. The molecule has 1 heterocycles. The van der Waals surface area contributed by atoms with Crippen molar-refractivity contribution in [1.82, 2.24) is 10.3 Å². The number of nitrogens with one attached hydrogen (secondary N) is 2. The summed E-state index contributed by atoms with van der Waals surface area (Å²) >= 11 is 1.34. The van der Waals surface area contributed by atoms with E-state index < -0.39 is 23.6 Å². The Morgan fingerprint density at radius 3 is 2.48 bits per heavy atom. The smallest absolute Gasteiger partial charge is 0.248 e. The summed E-state index contributed by atoms with van der Waals surface area (Å²) in [5.74, 6) is -2.33. The molecule has 2 amide bonds. The lowest BCUT2D eigenvalue weighted by Crippen LogP contribution is -2.44. The van der Waals surface area contributed by atoms with Gasteiger partial charge in [-0.2, -0.15) is 0 Å². The van der Waals surface area contributed by atoms with Gasteiger partial charge in [-0.3, -0.25) is 9.59 Å². The van der Waals surface area contributed by atoms with Crippen LogP contribution in [0.25, 0.3) is 0 Å². The molecule has 1 aromatic heterocycles. The van der Waals surface area contributed by atoms with E-state index in [1.54, 1.807) is 6.20 Å². The average molecular weight is 367 g/mol. The first-order valence-corrected chi connectivity index (χ1v) is 8.66. The minimum Gasteiger partial charge on any atom is -0.344 e. The molecule has 134 valence electrons. The van der Waals surface area contributed by atoms with Crippen LogP contribution in [-0.2, 0) is 16.0 Å². The second-order valence-corrected chi connectivity index (χ2v) is 6.86. The number of benzene rings is 1. The van der Waals surface area contributed by atoms with Crippen LogP contribution in [0, 0.1) is 18.6 Å². The molecular formula is C17H19F2N3O2S. The van der Waals surface area contributed by atoms with Crippen LogP contribution in [0.15, 0.2) is 24.4 Å². The minimum absolute atomic E-state index is 0.209. The Kier molecular flexibility index (Phi) is 6.58. The molecule has 1 unspecified atom stereocenters. The molecular weight excluding hydrogens is 348 g/mol. The van der Waals surface area contributed by atoms with Gasteiger partial charge in [0.25, 0.3) is 0 Å². The van der Waals surface area contributed by atoms with Gasteiger partial charge in [-0.25, -0.2) is 13.8 Å². The first-order valence-electron chi connectivity index (χ1n) is 7.85. The Morgan fingerprint density at radius 2 is 1.92 bits per heavy atom. The van der Waals surface area contributed by atoms with E-state index in [9.17, 15) is 18.4 Å². The van der Waals surface area contributed by atoms with E-state index in [-0.39, 0.29) is 17.9 Å². The van der Waals surface area contributed by atoms with Crippen molar-refractivity contribution < 1.29 is 18.4 Å². The normalized spacial score (nSPS) is 11.8. The van der Waals surface area contributed by atoms with Crippen LogP contribution < -0.4 is 10.6 Å². The number of aryl methyl sites for hydroxylation is 1. The molecule has 0 spiro atoms. The lowest BCUT2D eigenvalue weighted by Gasteiger charge is -2.17. The van der Waals surface area contributed by atoms with E-state index in [1.807, 2.05) is 13.8 Å². The molecule has 0 saturated carbocycles. The number of carbonyl (C=O) groups excluding carboxylic acids is 2. The van der Waals surface area contributed by atoms with Crippen LogP contribution in [0.1, 0.15) is 30.2 Å². The zero-order chi connectivity index (χ0) is 18.4. The number of amides is 2. The predicted octanol–water partition coefficient (Wildman–Crippen LogP) is 3.20. The molecule has 5 nitrogen and oxygen atoms in total.